The summed E-state index contributed by atoms with van der Waals surface area (Å²) in [6, 6.07) is 17.4. The molecule has 2 aromatic carbocycles. The highest BCUT2D eigenvalue weighted by atomic mass is 35.5. The van der Waals surface area contributed by atoms with Crippen molar-refractivity contribution in [2.45, 2.75) is 18.9 Å². The van der Waals surface area contributed by atoms with Gasteiger partial charge in [-0.2, -0.15) is 0 Å². The Balaban J connectivity index is 0.00000110. The topological polar surface area (TPSA) is 29.3 Å². The Kier molecular flexibility index (Phi) is 6.53. The smallest absolute Gasteiger partial charge is 0.0389 e. The van der Waals surface area contributed by atoms with E-state index in [0.717, 1.165) is 25.1 Å². The Hall–Kier alpha value is -1.22. The lowest BCUT2D eigenvalue weighted by Crippen LogP contribution is -2.33. The lowest BCUT2D eigenvalue weighted by Gasteiger charge is -2.35. The Morgan fingerprint density at radius 2 is 1.71 bits per heavy atom. The number of nitrogens with two attached hydrogens (primary N) is 1. The number of fused-ring (bicyclic) bond motifs is 1. The average Bonchev–Trinajstić information content (AvgIpc) is 2.44. The molecular weight excluding hydrogens is 303 g/mol. The molecule has 0 saturated heterocycles. The number of anilines is 1. The minimum absolute atomic E-state index is 0. The van der Waals surface area contributed by atoms with Crippen LogP contribution in [0.4, 0.5) is 5.69 Å². The molecule has 1 heterocycles. The zero-order chi connectivity index (χ0) is 13.2. The molecule has 0 bridgehead atoms. The van der Waals surface area contributed by atoms with Crippen molar-refractivity contribution in [3.63, 3.8) is 0 Å². The maximum atomic E-state index is 6.08. The first-order valence-corrected chi connectivity index (χ1v) is 6.87. The molecule has 0 aliphatic carbocycles. The van der Waals surface area contributed by atoms with Crippen LogP contribution in [0.1, 0.15) is 22.7 Å². The van der Waals surface area contributed by atoms with Gasteiger partial charge in [-0.25, -0.2) is 0 Å². The van der Waals surface area contributed by atoms with Crippen molar-refractivity contribution in [2.75, 3.05) is 19.3 Å². The predicted molar refractivity (Wildman–Crippen MR) is 94.6 cm³/mol. The summed E-state index contributed by atoms with van der Waals surface area (Å²) < 4.78 is 0. The zero-order valence-electron chi connectivity index (χ0n) is 12.2. The summed E-state index contributed by atoms with van der Waals surface area (Å²) in [6.07, 6.45) is 2.13. The number of likely N-dealkylation sites (N-methyl/N-ethyl adjacent to an activating group) is 1. The number of para-hydroxylation sites is 1. The second-order valence-electron chi connectivity index (χ2n) is 5.35. The first kappa shape index (κ1) is 17.8. The van der Waals surface area contributed by atoms with Gasteiger partial charge in [0, 0.05) is 18.3 Å². The van der Waals surface area contributed by atoms with E-state index in [4.69, 9.17) is 5.73 Å². The molecule has 1 unspecified atom stereocenters. The minimum Gasteiger partial charge on any atom is -0.399 e. The van der Waals surface area contributed by atoms with Crippen LogP contribution in [0.15, 0.2) is 48.5 Å². The van der Waals surface area contributed by atoms with Gasteiger partial charge in [0.25, 0.3) is 0 Å². The number of nitrogens with zero attached hydrogens (tertiary/aromatic N) is 1. The molecule has 1 aliphatic rings. The number of hydrogen-bond acceptors (Lipinski definition) is 2. The van der Waals surface area contributed by atoms with Crippen molar-refractivity contribution in [1.82, 2.24) is 4.90 Å². The normalized spacial score (nSPS) is 17.3. The van der Waals surface area contributed by atoms with Crippen LogP contribution in [0.2, 0.25) is 0 Å². The van der Waals surface area contributed by atoms with Gasteiger partial charge in [-0.05, 0) is 42.6 Å². The minimum atomic E-state index is 0. The van der Waals surface area contributed by atoms with Gasteiger partial charge in [-0.15, -0.1) is 24.8 Å². The third-order valence-corrected chi connectivity index (χ3v) is 4.15. The summed E-state index contributed by atoms with van der Waals surface area (Å²) in [7, 11) is 2.21. The molecule has 0 spiro atoms. The molecule has 21 heavy (non-hydrogen) atoms. The van der Waals surface area contributed by atoms with Crippen LogP contribution in [-0.4, -0.2) is 18.5 Å². The van der Waals surface area contributed by atoms with Gasteiger partial charge >= 0.3 is 0 Å². The van der Waals surface area contributed by atoms with Crippen LogP contribution in [0.3, 0.4) is 0 Å². The van der Waals surface area contributed by atoms with Gasteiger partial charge in [-0.3, -0.25) is 4.90 Å². The van der Waals surface area contributed by atoms with Crippen molar-refractivity contribution >= 4 is 30.5 Å². The molecule has 0 aromatic heterocycles. The highest BCUT2D eigenvalue weighted by molar-refractivity contribution is 5.85. The van der Waals surface area contributed by atoms with Gasteiger partial charge in [0.1, 0.15) is 0 Å². The van der Waals surface area contributed by atoms with Gasteiger partial charge in [0.15, 0.2) is 0 Å². The molecule has 0 amide bonds. The van der Waals surface area contributed by atoms with E-state index in [2.05, 4.69) is 48.3 Å². The van der Waals surface area contributed by atoms with Crippen molar-refractivity contribution in [3.05, 3.63) is 65.2 Å². The molecule has 2 nitrogen and oxygen atoms in total. The average molecular weight is 325 g/mol. The molecule has 1 aliphatic heterocycles. The molecule has 0 fully saturated rings. The van der Waals surface area contributed by atoms with Gasteiger partial charge in [-0.1, -0.05) is 42.5 Å². The van der Waals surface area contributed by atoms with E-state index in [0.29, 0.717) is 6.04 Å². The predicted octanol–water partition coefficient (Wildman–Crippen LogP) is 3.88. The van der Waals surface area contributed by atoms with E-state index in [1.807, 2.05) is 12.1 Å². The van der Waals surface area contributed by atoms with Crippen molar-refractivity contribution in [1.29, 1.82) is 0 Å². The van der Waals surface area contributed by atoms with Crippen LogP contribution in [0, 0.1) is 0 Å². The van der Waals surface area contributed by atoms with Gasteiger partial charge in [0.05, 0.1) is 0 Å². The van der Waals surface area contributed by atoms with Crippen molar-refractivity contribution in [2.24, 2.45) is 0 Å². The van der Waals surface area contributed by atoms with Gasteiger partial charge < -0.3 is 5.73 Å². The molecule has 4 heteroatoms. The molecule has 114 valence electrons. The molecule has 3 rings (SSSR count). The second-order valence-corrected chi connectivity index (χ2v) is 5.35. The number of benzene rings is 2. The standard InChI is InChI=1S/C17H20N2.2ClH/c1-19-11-10-13-6-2-4-8-15(13)17(19)12-14-7-3-5-9-16(14)18;;/h2-9,17H,10-12,18H2,1H3;2*1H. The first-order valence-electron chi connectivity index (χ1n) is 6.87. The highest BCUT2D eigenvalue weighted by Crippen LogP contribution is 2.32. The fourth-order valence-corrected chi connectivity index (χ4v) is 2.97. The summed E-state index contributed by atoms with van der Waals surface area (Å²) in [5.41, 5.74) is 11.2. The molecular formula is C17H22Cl2N2. The lowest BCUT2D eigenvalue weighted by molar-refractivity contribution is 0.229. The van der Waals surface area contributed by atoms with Crippen LogP contribution >= 0.6 is 24.8 Å². The summed E-state index contributed by atoms with van der Waals surface area (Å²) in [6.45, 7) is 1.12. The molecule has 0 radical (unpaired) electrons. The Bertz CT molecular complexity index is 587. The zero-order valence-corrected chi connectivity index (χ0v) is 13.8. The van der Waals surface area contributed by atoms with E-state index in [1.54, 1.807) is 0 Å². The van der Waals surface area contributed by atoms with Crippen molar-refractivity contribution < 1.29 is 0 Å². The van der Waals surface area contributed by atoms with Crippen LogP contribution < -0.4 is 5.73 Å². The molecule has 1 atom stereocenters. The summed E-state index contributed by atoms with van der Waals surface area (Å²) >= 11 is 0. The van der Waals surface area contributed by atoms with Crippen LogP contribution in [0.5, 0.6) is 0 Å². The SMILES string of the molecule is CN1CCc2ccccc2C1Cc1ccccc1N.Cl.Cl. The van der Waals surface area contributed by atoms with Crippen LogP contribution in [-0.2, 0) is 12.8 Å². The number of halogens is 2. The van der Waals surface area contributed by atoms with E-state index >= 15 is 0 Å². The van der Waals surface area contributed by atoms with Gasteiger partial charge in [0.2, 0.25) is 0 Å². The van der Waals surface area contributed by atoms with Crippen molar-refractivity contribution in [3.8, 4) is 0 Å². The lowest BCUT2D eigenvalue weighted by atomic mass is 9.89. The third-order valence-electron chi connectivity index (χ3n) is 4.15. The van der Waals surface area contributed by atoms with E-state index in [-0.39, 0.29) is 24.8 Å². The molecule has 2 N–H and O–H groups in total. The third kappa shape index (κ3) is 3.70. The summed E-state index contributed by atoms with van der Waals surface area (Å²) in [5.74, 6) is 0. The summed E-state index contributed by atoms with van der Waals surface area (Å²) in [4.78, 5) is 2.44. The maximum Gasteiger partial charge on any atom is 0.0389 e. The Labute approximate surface area is 139 Å². The largest absolute Gasteiger partial charge is 0.399 e. The van der Waals surface area contributed by atoms with E-state index in [1.165, 1.54) is 16.7 Å². The first-order chi connectivity index (χ1) is 9.25. The number of nitrogen functional groups attached to an aromatic ring is 1. The Morgan fingerprint density at radius 3 is 2.48 bits per heavy atom. The summed E-state index contributed by atoms with van der Waals surface area (Å²) in [5, 5.41) is 0. The van der Waals surface area contributed by atoms with E-state index < -0.39 is 0 Å². The second kappa shape index (κ2) is 7.69. The Morgan fingerprint density at radius 1 is 1.05 bits per heavy atom. The number of rotatable bonds is 2. The molecule has 2 aromatic rings. The highest BCUT2D eigenvalue weighted by Gasteiger charge is 2.24. The maximum absolute atomic E-state index is 6.08. The fraction of sp³-hybridized carbons (Fsp3) is 0.294. The fourth-order valence-electron chi connectivity index (χ4n) is 2.97. The van der Waals surface area contributed by atoms with E-state index in [9.17, 15) is 0 Å². The van der Waals surface area contributed by atoms with Crippen LogP contribution in [0.25, 0.3) is 0 Å². The quantitative estimate of drug-likeness (QED) is 0.849. The monoisotopic (exact) mass is 324 g/mol. The molecule has 0 saturated carbocycles. The number of hydrogen-bond donors (Lipinski definition) is 1.